The van der Waals surface area contributed by atoms with Crippen molar-refractivity contribution in [1.82, 2.24) is 0 Å². The van der Waals surface area contributed by atoms with Crippen molar-refractivity contribution < 1.29 is 14.3 Å². The van der Waals surface area contributed by atoms with Crippen molar-refractivity contribution >= 4 is 27.7 Å². The molecule has 19 heavy (non-hydrogen) atoms. The van der Waals surface area contributed by atoms with Crippen LogP contribution in [-0.2, 0) is 9.53 Å². The molecule has 0 aliphatic carbocycles. The first-order valence-corrected chi connectivity index (χ1v) is 6.67. The number of methoxy groups -OCH3 is 1. The van der Waals surface area contributed by atoms with Crippen molar-refractivity contribution in [3.8, 4) is 11.8 Å². The summed E-state index contributed by atoms with van der Waals surface area (Å²) in [5.74, 6) is 4.05. The van der Waals surface area contributed by atoms with Crippen molar-refractivity contribution in [3.63, 3.8) is 0 Å². The number of carbonyl (C=O) groups excluding carboxylic acids is 2. The van der Waals surface area contributed by atoms with Gasteiger partial charge in [0, 0.05) is 16.5 Å². The van der Waals surface area contributed by atoms with Crippen LogP contribution in [-0.4, -0.2) is 18.9 Å². The van der Waals surface area contributed by atoms with Crippen LogP contribution < -0.4 is 0 Å². The van der Waals surface area contributed by atoms with E-state index < -0.39 is 11.9 Å². The SMILES string of the molecule is CC#CCCC(C(=O)OC)C(=O)c1ccccc1Br. The first-order valence-electron chi connectivity index (χ1n) is 5.88. The Morgan fingerprint density at radius 2 is 2.05 bits per heavy atom. The van der Waals surface area contributed by atoms with Crippen LogP contribution >= 0.6 is 15.9 Å². The van der Waals surface area contributed by atoms with E-state index in [2.05, 4.69) is 27.8 Å². The fraction of sp³-hybridized carbons (Fsp3) is 0.333. The van der Waals surface area contributed by atoms with Crippen LogP contribution in [0.1, 0.15) is 30.1 Å². The second-order valence-electron chi connectivity index (χ2n) is 3.89. The number of Topliss-reactive ketones (excluding diaryl/α,β-unsaturated/α-hetero) is 1. The van der Waals surface area contributed by atoms with E-state index in [0.29, 0.717) is 22.9 Å². The van der Waals surface area contributed by atoms with Crippen molar-refractivity contribution in [3.05, 3.63) is 34.3 Å². The van der Waals surface area contributed by atoms with Gasteiger partial charge < -0.3 is 4.74 Å². The molecule has 0 radical (unpaired) electrons. The van der Waals surface area contributed by atoms with Crippen LogP contribution in [0.15, 0.2) is 28.7 Å². The van der Waals surface area contributed by atoms with Gasteiger partial charge >= 0.3 is 5.97 Å². The van der Waals surface area contributed by atoms with Crippen molar-refractivity contribution in [2.24, 2.45) is 5.92 Å². The summed E-state index contributed by atoms with van der Waals surface area (Å²) in [7, 11) is 1.29. The molecule has 1 rings (SSSR count). The van der Waals surface area contributed by atoms with E-state index in [0.717, 1.165) is 0 Å². The number of benzene rings is 1. The Bertz CT molecular complexity index is 526. The number of esters is 1. The molecular formula is C15H15BrO3. The molecule has 0 saturated heterocycles. The van der Waals surface area contributed by atoms with Crippen molar-refractivity contribution in [2.45, 2.75) is 19.8 Å². The summed E-state index contributed by atoms with van der Waals surface area (Å²) >= 11 is 3.32. The van der Waals surface area contributed by atoms with Crippen LogP contribution in [0, 0.1) is 17.8 Å². The Morgan fingerprint density at radius 1 is 1.37 bits per heavy atom. The predicted octanol–water partition coefficient (Wildman–Crippen LogP) is 3.22. The number of hydrogen-bond acceptors (Lipinski definition) is 3. The number of rotatable bonds is 5. The molecule has 0 amide bonds. The zero-order valence-corrected chi connectivity index (χ0v) is 12.5. The van der Waals surface area contributed by atoms with Gasteiger partial charge in [-0.3, -0.25) is 9.59 Å². The van der Waals surface area contributed by atoms with Crippen LogP contribution in [0.25, 0.3) is 0 Å². The van der Waals surface area contributed by atoms with Gasteiger partial charge in [-0.05, 0) is 19.4 Å². The maximum absolute atomic E-state index is 12.4. The van der Waals surface area contributed by atoms with Gasteiger partial charge in [-0.2, -0.15) is 0 Å². The second-order valence-corrected chi connectivity index (χ2v) is 4.74. The third kappa shape index (κ3) is 4.22. The van der Waals surface area contributed by atoms with E-state index in [9.17, 15) is 9.59 Å². The number of hydrogen-bond donors (Lipinski definition) is 0. The molecule has 0 fully saturated rings. The van der Waals surface area contributed by atoms with Gasteiger partial charge in [0.25, 0.3) is 0 Å². The lowest BCUT2D eigenvalue weighted by atomic mass is 9.93. The van der Waals surface area contributed by atoms with Crippen LogP contribution in [0.2, 0.25) is 0 Å². The lowest BCUT2D eigenvalue weighted by molar-refractivity contribution is -0.143. The fourth-order valence-electron chi connectivity index (χ4n) is 1.69. The largest absolute Gasteiger partial charge is 0.468 e. The van der Waals surface area contributed by atoms with Crippen LogP contribution in [0.5, 0.6) is 0 Å². The Hall–Kier alpha value is -1.60. The highest BCUT2D eigenvalue weighted by Crippen LogP contribution is 2.22. The quantitative estimate of drug-likeness (QED) is 0.362. The highest BCUT2D eigenvalue weighted by molar-refractivity contribution is 9.10. The molecule has 0 N–H and O–H groups in total. The zero-order chi connectivity index (χ0) is 14.3. The van der Waals surface area contributed by atoms with E-state index in [1.807, 2.05) is 6.07 Å². The molecule has 1 unspecified atom stereocenters. The van der Waals surface area contributed by atoms with Crippen LogP contribution in [0.3, 0.4) is 0 Å². The number of carbonyl (C=O) groups is 2. The summed E-state index contributed by atoms with van der Waals surface area (Å²) in [5.41, 5.74) is 0.488. The van der Waals surface area contributed by atoms with E-state index in [4.69, 9.17) is 4.74 Å². The third-order valence-electron chi connectivity index (χ3n) is 2.68. The third-order valence-corrected chi connectivity index (χ3v) is 3.37. The molecule has 0 saturated carbocycles. The summed E-state index contributed by atoms with van der Waals surface area (Å²) < 4.78 is 5.38. The molecule has 100 valence electrons. The van der Waals surface area contributed by atoms with Gasteiger partial charge in [0.1, 0.15) is 5.92 Å². The van der Waals surface area contributed by atoms with Gasteiger partial charge in [0.2, 0.25) is 0 Å². The molecule has 1 aromatic carbocycles. The Morgan fingerprint density at radius 3 is 2.63 bits per heavy atom. The lowest BCUT2D eigenvalue weighted by Gasteiger charge is -2.13. The molecule has 0 aliphatic rings. The summed E-state index contributed by atoms with van der Waals surface area (Å²) in [5, 5.41) is 0. The summed E-state index contributed by atoms with van der Waals surface area (Å²) in [4.78, 5) is 24.1. The van der Waals surface area contributed by atoms with Gasteiger partial charge in [-0.15, -0.1) is 11.8 Å². The minimum Gasteiger partial charge on any atom is -0.468 e. The summed E-state index contributed by atoms with van der Waals surface area (Å²) in [6.45, 7) is 1.72. The van der Waals surface area contributed by atoms with Gasteiger partial charge in [-0.25, -0.2) is 0 Å². The molecule has 1 aromatic rings. The van der Waals surface area contributed by atoms with Crippen LogP contribution in [0.4, 0.5) is 0 Å². The monoisotopic (exact) mass is 322 g/mol. The second kappa shape index (κ2) is 7.75. The topological polar surface area (TPSA) is 43.4 Å². The maximum Gasteiger partial charge on any atom is 0.316 e. The van der Waals surface area contributed by atoms with E-state index in [-0.39, 0.29) is 5.78 Å². The minimum absolute atomic E-state index is 0.239. The van der Waals surface area contributed by atoms with E-state index >= 15 is 0 Å². The highest BCUT2D eigenvalue weighted by atomic mass is 79.9. The standard InChI is InChI=1S/C15H15BrO3/c1-3-4-5-9-12(15(18)19-2)14(17)11-8-6-7-10-13(11)16/h6-8,10,12H,5,9H2,1-2H3. The Kier molecular flexibility index (Phi) is 6.31. The molecule has 0 aromatic heterocycles. The molecule has 4 heteroatoms. The molecule has 0 aliphatic heterocycles. The Balaban J connectivity index is 2.96. The first kappa shape index (κ1) is 15.5. The average Bonchev–Trinajstić information content (AvgIpc) is 2.43. The number of halogens is 1. The minimum atomic E-state index is -0.801. The van der Waals surface area contributed by atoms with Gasteiger partial charge in [0.15, 0.2) is 5.78 Å². The summed E-state index contributed by atoms with van der Waals surface area (Å²) in [6.07, 6.45) is 0.861. The molecule has 3 nitrogen and oxygen atoms in total. The van der Waals surface area contributed by atoms with Crippen molar-refractivity contribution in [2.75, 3.05) is 7.11 Å². The highest BCUT2D eigenvalue weighted by Gasteiger charge is 2.28. The summed E-state index contributed by atoms with van der Waals surface area (Å²) in [6, 6.07) is 7.04. The normalized spacial score (nSPS) is 11.1. The predicted molar refractivity (Wildman–Crippen MR) is 76.7 cm³/mol. The molecule has 0 heterocycles. The van der Waals surface area contributed by atoms with E-state index in [1.54, 1.807) is 25.1 Å². The molecular weight excluding hydrogens is 308 g/mol. The maximum atomic E-state index is 12.4. The number of ketones is 1. The first-order chi connectivity index (χ1) is 9.11. The Labute approximate surface area is 121 Å². The molecule has 0 bridgehead atoms. The van der Waals surface area contributed by atoms with Gasteiger partial charge in [-0.1, -0.05) is 34.1 Å². The molecule has 0 spiro atoms. The smallest absolute Gasteiger partial charge is 0.316 e. The van der Waals surface area contributed by atoms with Crippen molar-refractivity contribution in [1.29, 1.82) is 0 Å². The number of ether oxygens (including phenoxy) is 1. The van der Waals surface area contributed by atoms with E-state index in [1.165, 1.54) is 7.11 Å². The van der Waals surface area contributed by atoms with Gasteiger partial charge in [0.05, 0.1) is 7.11 Å². The fourth-order valence-corrected chi connectivity index (χ4v) is 2.17. The lowest BCUT2D eigenvalue weighted by Crippen LogP contribution is -2.25. The average molecular weight is 323 g/mol. The molecule has 1 atom stereocenters. The zero-order valence-electron chi connectivity index (χ0n) is 10.9.